The van der Waals surface area contributed by atoms with Gasteiger partial charge in [-0.15, -0.1) is 0 Å². The SMILES string of the molecule is CCCCC(C(=O)O)N1CCC(=C2c3ccccc3CCc3ccccc32)CC1. The summed E-state index contributed by atoms with van der Waals surface area (Å²) in [6.07, 6.45) is 6.83. The number of hydrogen-bond donors (Lipinski definition) is 1. The van der Waals surface area contributed by atoms with Gasteiger partial charge in [-0.1, -0.05) is 73.9 Å². The number of piperidine rings is 1. The van der Waals surface area contributed by atoms with E-state index in [-0.39, 0.29) is 6.04 Å². The van der Waals surface area contributed by atoms with E-state index < -0.39 is 5.97 Å². The fraction of sp³-hybridized carbons (Fsp3) is 0.423. The fourth-order valence-corrected chi connectivity index (χ4v) is 4.98. The molecule has 1 aliphatic carbocycles. The molecule has 1 fully saturated rings. The third-order valence-corrected chi connectivity index (χ3v) is 6.55. The van der Waals surface area contributed by atoms with Crippen molar-refractivity contribution < 1.29 is 9.90 Å². The van der Waals surface area contributed by atoms with Crippen molar-refractivity contribution in [1.82, 2.24) is 4.90 Å². The molecule has 1 N–H and O–H groups in total. The van der Waals surface area contributed by atoms with Crippen LogP contribution < -0.4 is 0 Å². The lowest BCUT2D eigenvalue weighted by Crippen LogP contribution is -2.44. The first-order valence-corrected chi connectivity index (χ1v) is 11.0. The lowest BCUT2D eigenvalue weighted by Gasteiger charge is -2.34. The molecule has 3 heteroatoms. The summed E-state index contributed by atoms with van der Waals surface area (Å²) in [4.78, 5) is 14.0. The Morgan fingerprint density at radius 2 is 1.48 bits per heavy atom. The molecule has 2 aliphatic rings. The van der Waals surface area contributed by atoms with Crippen LogP contribution in [0.2, 0.25) is 0 Å². The van der Waals surface area contributed by atoms with Gasteiger partial charge in [-0.05, 0) is 59.9 Å². The molecule has 3 nitrogen and oxygen atoms in total. The summed E-state index contributed by atoms with van der Waals surface area (Å²) in [5.74, 6) is -0.667. The Morgan fingerprint density at radius 3 is 2.00 bits per heavy atom. The fourth-order valence-electron chi connectivity index (χ4n) is 4.98. The van der Waals surface area contributed by atoms with Gasteiger partial charge in [0.15, 0.2) is 0 Å². The predicted octanol–water partition coefficient (Wildman–Crippen LogP) is 5.33. The Hall–Kier alpha value is -2.39. The van der Waals surface area contributed by atoms with Crippen LogP contribution in [0.25, 0.3) is 5.57 Å². The highest BCUT2D eigenvalue weighted by Gasteiger charge is 2.29. The third-order valence-electron chi connectivity index (χ3n) is 6.55. The second kappa shape index (κ2) is 8.96. The van der Waals surface area contributed by atoms with Gasteiger partial charge >= 0.3 is 5.97 Å². The van der Waals surface area contributed by atoms with Crippen LogP contribution in [0.1, 0.15) is 61.3 Å². The molecule has 0 amide bonds. The van der Waals surface area contributed by atoms with E-state index in [4.69, 9.17) is 0 Å². The van der Waals surface area contributed by atoms with Crippen LogP contribution in [-0.2, 0) is 17.6 Å². The quantitative estimate of drug-likeness (QED) is 0.752. The second-order valence-electron chi connectivity index (χ2n) is 8.33. The Balaban J connectivity index is 1.67. The Labute approximate surface area is 174 Å². The first-order valence-electron chi connectivity index (χ1n) is 11.0. The second-order valence-corrected chi connectivity index (χ2v) is 8.33. The van der Waals surface area contributed by atoms with Crippen LogP contribution in [0, 0.1) is 0 Å². The number of carboxylic acids is 1. The third kappa shape index (κ3) is 4.16. The number of nitrogens with zero attached hydrogens (tertiary/aromatic N) is 1. The van der Waals surface area contributed by atoms with Crippen LogP contribution in [-0.4, -0.2) is 35.1 Å². The van der Waals surface area contributed by atoms with Gasteiger partial charge in [-0.25, -0.2) is 0 Å². The van der Waals surface area contributed by atoms with Gasteiger partial charge in [0.2, 0.25) is 0 Å². The van der Waals surface area contributed by atoms with E-state index in [1.807, 2.05) is 0 Å². The van der Waals surface area contributed by atoms with Crippen molar-refractivity contribution >= 4 is 11.5 Å². The highest BCUT2D eigenvalue weighted by Crippen LogP contribution is 2.38. The van der Waals surface area contributed by atoms with Crippen LogP contribution in [0.5, 0.6) is 0 Å². The first-order chi connectivity index (χ1) is 14.2. The van der Waals surface area contributed by atoms with Gasteiger partial charge in [-0.3, -0.25) is 9.69 Å². The molecule has 0 saturated carbocycles. The minimum absolute atomic E-state index is 0.338. The van der Waals surface area contributed by atoms with E-state index in [9.17, 15) is 9.90 Å². The van der Waals surface area contributed by atoms with Gasteiger partial charge in [0, 0.05) is 13.1 Å². The van der Waals surface area contributed by atoms with E-state index in [2.05, 4.69) is 60.4 Å². The first kappa shape index (κ1) is 19.9. The maximum absolute atomic E-state index is 11.8. The van der Waals surface area contributed by atoms with Gasteiger partial charge < -0.3 is 5.11 Å². The van der Waals surface area contributed by atoms with Crippen molar-refractivity contribution in [3.05, 3.63) is 76.4 Å². The molecule has 152 valence electrons. The molecule has 1 aliphatic heterocycles. The van der Waals surface area contributed by atoms with E-state index in [0.29, 0.717) is 0 Å². The van der Waals surface area contributed by atoms with Gasteiger partial charge in [0.05, 0.1) is 0 Å². The van der Waals surface area contributed by atoms with Gasteiger partial charge in [0.1, 0.15) is 6.04 Å². The smallest absolute Gasteiger partial charge is 0.320 e. The summed E-state index contributed by atoms with van der Waals surface area (Å²) < 4.78 is 0. The van der Waals surface area contributed by atoms with Crippen LogP contribution in [0.3, 0.4) is 0 Å². The molecule has 1 saturated heterocycles. The van der Waals surface area contributed by atoms with E-state index in [1.165, 1.54) is 33.4 Å². The monoisotopic (exact) mass is 389 g/mol. The van der Waals surface area contributed by atoms with Crippen molar-refractivity contribution in [3.63, 3.8) is 0 Å². The average molecular weight is 390 g/mol. The molecule has 29 heavy (non-hydrogen) atoms. The van der Waals surface area contributed by atoms with Crippen molar-refractivity contribution in [1.29, 1.82) is 0 Å². The zero-order chi connectivity index (χ0) is 20.2. The molecular weight excluding hydrogens is 358 g/mol. The Kier molecular flexibility index (Phi) is 6.15. The number of carbonyl (C=O) groups is 1. The van der Waals surface area contributed by atoms with Crippen molar-refractivity contribution in [2.75, 3.05) is 13.1 Å². The summed E-state index contributed by atoms with van der Waals surface area (Å²) >= 11 is 0. The van der Waals surface area contributed by atoms with Gasteiger partial charge in [0.25, 0.3) is 0 Å². The number of unbranched alkanes of at least 4 members (excludes halogenated alkanes) is 1. The number of benzene rings is 2. The van der Waals surface area contributed by atoms with Crippen molar-refractivity contribution in [2.24, 2.45) is 0 Å². The van der Waals surface area contributed by atoms with Crippen LogP contribution in [0.4, 0.5) is 0 Å². The van der Waals surface area contributed by atoms with Crippen LogP contribution >= 0.6 is 0 Å². The zero-order valence-electron chi connectivity index (χ0n) is 17.4. The normalized spacial score (nSPS) is 18.0. The zero-order valence-corrected chi connectivity index (χ0v) is 17.4. The standard InChI is InChI=1S/C26H31NO2/c1-2-3-12-24(26(28)29)27-17-15-21(16-18-27)25-22-10-6-4-8-19(22)13-14-20-9-5-7-11-23(20)25/h4-11,24H,2-3,12-18H2,1H3,(H,28,29). The van der Waals surface area contributed by atoms with Crippen LogP contribution in [0.15, 0.2) is 54.1 Å². The number of aryl methyl sites for hydroxylation is 2. The van der Waals surface area contributed by atoms with E-state index >= 15 is 0 Å². The molecule has 1 atom stereocenters. The molecule has 1 heterocycles. The van der Waals surface area contributed by atoms with E-state index in [0.717, 1.165) is 58.0 Å². The topological polar surface area (TPSA) is 40.5 Å². The molecule has 0 aromatic heterocycles. The largest absolute Gasteiger partial charge is 0.480 e. The lowest BCUT2D eigenvalue weighted by molar-refractivity contribution is -0.143. The Morgan fingerprint density at radius 1 is 0.931 bits per heavy atom. The number of hydrogen-bond acceptors (Lipinski definition) is 2. The number of carboxylic acid groups (broad SMARTS) is 1. The van der Waals surface area contributed by atoms with Gasteiger partial charge in [-0.2, -0.15) is 0 Å². The van der Waals surface area contributed by atoms with Crippen molar-refractivity contribution in [2.45, 2.75) is 57.9 Å². The average Bonchev–Trinajstić information content (AvgIpc) is 2.91. The molecule has 2 aromatic carbocycles. The molecular formula is C26H31NO2. The predicted molar refractivity (Wildman–Crippen MR) is 118 cm³/mol. The minimum Gasteiger partial charge on any atom is -0.480 e. The molecule has 0 radical (unpaired) electrons. The molecule has 2 aromatic rings. The lowest BCUT2D eigenvalue weighted by atomic mass is 9.86. The number of rotatable bonds is 5. The highest BCUT2D eigenvalue weighted by molar-refractivity contribution is 5.86. The number of likely N-dealkylation sites (tertiary alicyclic amines) is 1. The molecule has 0 spiro atoms. The summed E-state index contributed by atoms with van der Waals surface area (Å²) in [5, 5.41) is 9.71. The minimum atomic E-state index is -0.667. The van der Waals surface area contributed by atoms with E-state index in [1.54, 1.807) is 0 Å². The molecule has 4 rings (SSSR count). The summed E-state index contributed by atoms with van der Waals surface area (Å²) in [6, 6.07) is 17.3. The van der Waals surface area contributed by atoms with Crippen molar-refractivity contribution in [3.8, 4) is 0 Å². The maximum atomic E-state index is 11.8. The Bertz CT molecular complexity index is 855. The summed E-state index contributed by atoms with van der Waals surface area (Å²) in [6.45, 7) is 3.80. The summed E-state index contributed by atoms with van der Waals surface area (Å²) in [5.41, 5.74) is 8.51. The maximum Gasteiger partial charge on any atom is 0.320 e. The number of fused-ring (bicyclic) bond motifs is 2. The summed E-state index contributed by atoms with van der Waals surface area (Å²) in [7, 11) is 0. The highest BCUT2D eigenvalue weighted by atomic mass is 16.4. The number of aliphatic carboxylic acids is 1. The molecule has 1 unspecified atom stereocenters. The molecule has 0 bridgehead atoms.